The lowest BCUT2D eigenvalue weighted by Gasteiger charge is -2.32. The summed E-state index contributed by atoms with van der Waals surface area (Å²) in [6.45, 7) is 3.76. The van der Waals surface area contributed by atoms with Gasteiger partial charge in [-0.2, -0.15) is 0 Å². The Morgan fingerprint density at radius 1 is 1.10 bits per heavy atom. The number of amides is 2. The summed E-state index contributed by atoms with van der Waals surface area (Å²) >= 11 is 6.03. The first-order chi connectivity index (χ1) is 14.1. The van der Waals surface area contributed by atoms with Crippen molar-refractivity contribution in [3.8, 4) is 0 Å². The fraction of sp³-hybridized carbons (Fsp3) is 0.524. The summed E-state index contributed by atoms with van der Waals surface area (Å²) in [5.41, 5.74) is 1.35. The number of rotatable bonds is 5. The normalized spacial score (nSPS) is 19.6. The number of nitrogens with zero attached hydrogens (tertiary/aromatic N) is 5. The maximum absolute atomic E-state index is 12.7. The van der Waals surface area contributed by atoms with Gasteiger partial charge in [0.05, 0.1) is 12.6 Å². The molecule has 2 amide bonds. The Labute approximate surface area is 175 Å². The molecule has 0 spiro atoms. The summed E-state index contributed by atoms with van der Waals surface area (Å²) in [6.07, 6.45) is 6.23. The number of benzene rings is 1. The average molecular weight is 416 g/mol. The molecular weight excluding hydrogens is 390 g/mol. The van der Waals surface area contributed by atoms with Gasteiger partial charge in [-0.1, -0.05) is 28.9 Å². The van der Waals surface area contributed by atoms with Gasteiger partial charge in [-0.05, 0) is 49.3 Å². The number of hydrogen-bond acceptors (Lipinski definition) is 4. The van der Waals surface area contributed by atoms with Crippen LogP contribution in [0, 0.1) is 5.92 Å². The van der Waals surface area contributed by atoms with Crippen molar-refractivity contribution in [2.24, 2.45) is 5.92 Å². The molecule has 29 heavy (non-hydrogen) atoms. The van der Waals surface area contributed by atoms with Gasteiger partial charge in [-0.15, -0.1) is 5.10 Å². The van der Waals surface area contributed by atoms with Crippen molar-refractivity contribution in [3.05, 3.63) is 46.7 Å². The highest BCUT2D eigenvalue weighted by molar-refractivity contribution is 6.30. The zero-order chi connectivity index (χ0) is 20.2. The van der Waals surface area contributed by atoms with Crippen molar-refractivity contribution in [1.82, 2.24) is 24.8 Å². The Hall–Kier alpha value is -2.41. The molecule has 0 bridgehead atoms. The van der Waals surface area contributed by atoms with Gasteiger partial charge in [0.25, 0.3) is 5.91 Å². The highest BCUT2D eigenvalue weighted by atomic mass is 35.5. The fourth-order valence-corrected chi connectivity index (χ4v) is 4.42. The molecule has 7 nitrogen and oxygen atoms in total. The van der Waals surface area contributed by atoms with Crippen LogP contribution in [0.1, 0.15) is 41.7 Å². The molecule has 8 heteroatoms. The van der Waals surface area contributed by atoms with Crippen LogP contribution in [0.2, 0.25) is 5.02 Å². The minimum Gasteiger partial charge on any atom is -0.342 e. The van der Waals surface area contributed by atoms with Crippen LogP contribution in [-0.4, -0.2) is 62.8 Å². The van der Waals surface area contributed by atoms with Crippen LogP contribution in [0.25, 0.3) is 0 Å². The Balaban J connectivity index is 1.33. The molecule has 0 radical (unpaired) electrons. The van der Waals surface area contributed by atoms with E-state index in [0.29, 0.717) is 36.1 Å². The molecule has 2 aromatic rings. The molecule has 1 atom stereocenters. The van der Waals surface area contributed by atoms with E-state index in [2.05, 4.69) is 10.3 Å². The number of hydrogen-bond donors (Lipinski definition) is 0. The molecule has 1 aromatic carbocycles. The lowest BCUT2D eigenvalue weighted by Crippen LogP contribution is -2.41. The fourth-order valence-electron chi connectivity index (χ4n) is 4.21. The van der Waals surface area contributed by atoms with Crippen molar-refractivity contribution in [3.63, 3.8) is 0 Å². The molecule has 2 aliphatic heterocycles. The van der Waals surface area contributed by atoms with Crippen LogP contribution < -0.4 is 0 Å². The van der Waals surface area contributed by atoms with Gasteiger partial charge in [0.15, 0.2) is 5.69 Å². The van der Waals surface area contributed by atoms with Gasteiger partial charge in [0.2, 0.25) is 5.91 Å². The van der Waals surface area contributed by atoms with Crippen LogP contribution in [0.15, 0.2) is 30.5 Å². The van der Waals surface area contributed by atoms with Crippen molar-refractivity contribution < 1.29 is 9.59 Å². The van der Waals surface area contributed by atoms with Gasteiger partial charge in [-0.25, -0.2) is 0 Å². The lowest BCUT2D eigenvalue weighted by atomic mass is 9.97. The van der Waals surface area contributed by atoms with E-state index >= 15 is 0 Å². The van der Waals surface area contributed by atoms with Crippen LogP contribution in [0.3, 0.4) is 0 Å². The molecule has 0 saturated carbocycles. The summed E-state index contributed by atoms with van der Waals surface area (Å²) in [5, 5.41) is 8.87. The van der Waals surface area contributed by atoms with E-state index in [0.717, 1.165) is 50.9 Å². The number of likely N-dealkylation sites (tertiary alicyclic amines) is 2. The standard InChI is InChI=1S/C21H26ClN5O2/c22-18-7-3-5-16(11-18)12-20(28)26-10-4-6-17(13-26)14-27-15-19(23-24-27)21(29)25-8-1-2-9-25/h3,5,7,11,15,17H,1-2,4,6,8-10,12-14H2. The van der Waals surface area contributed by atoms with Gasteiger partial charge >= 0.3 is 0 Å². The molecule has 0 aliphatic carbocycles. The SMILES string of the molecule is O=C(Cc1cccc(Cl)c1)N1CCCC(Cn2cc(C(=O)N3CCCC3)nn2)C1. The first-order valence-corrected chi connectivity index (χ1v) is 10.7. The summed E-state index contributed by atoms with van der Waals surface area (Å²) < 4.78 is 1.75. The molecule has 0 N–H and O–H groups in total. The van der Waals surface area contributed by atoms with Gasteiger partial charge in [0.1, 0.15) is 0 Å². The molecule has 154 valence electrons. The predicted molar refractivity (Wildman–Crippen MR) is 110 cm³/mol. The van der Waals surface area contributed by atoms with Crippen molar-refractivity contribution in [2.45, 2.75) is 38.6 Å². The molecule has 3 heterocycles. The smallest absolute Gasteiger partial charge is 0.276 e. The van der Waals surface area contributed by atoms with Crippen LogP contribution >= 0.6 is 11.6 Å². The third-order valence-corrected chi connectivity index (χ3v) is 5.95. The summed E-state index contributed by atoms with van der Waals surface area (Å²) in [6, 6.07) is 7.46. The second-order valence-electron chi connectivity index (χ2n) is 7.98. The number of aromatic nitrogens is 3. The average Bonchev–Trinajstić information content (AvgIpc) is 3.40. The molecule has 1 aromatic heterocycles. The number of carbonyl (C=O) groups is 2. The Bertz CT molecular complexity index is 877. The maximum Gasteiger partial charge on any atom is 0.276 e. The highest BCUT2D eigenvalue weighted by Gasteiger charge is 2.26. The van der Waals surface area contributed by atoms with E-state index in [4.69, 9.17) is 11.6 Å². The molecule has 2 aliphatic rings. The van der Waals surface area contributed by atoms with Gasteiger partial charge in [0, 0.05) is 37.7 Å². The van der Waals surface area contributed by atoms with Crippen LogP contribution in [0.5, 0.6) is 0 Å². The van der Waals surface area contributed by atoms with Gasteiger partial charge in [-0.3, -0.25) is 14.3 Å². The second-order valence-corrected chi connectivity index (χ2v) is 8.42. The minimum atomic E-state index is -0.0317. The topological polar surface area (TPSA) is 71.3 Å². The third-order valence-electron chi connectivity index (χ3n) is 5.71. The Morgan fingerprint density at radius 2 is 1.90 bits per heavy atom. The van der Waals surface area contributed by atoms with Crippen molar-refractivity contribution in [2.75, 3.05) is 26.2 Å². The van der Waals surface area contributed by atoms with E-state index in [-0.39, 0.29) is 11.8 Å². The molecule has 1 unspecified atom stereocenters. The summed E-state index contributed by atoms with van der Waals surface area (Å²) in [4.78, 5) is 28.9. The number of piperidine rings is 1. The largest absolute Gasteiger partial charge is 0.342 e. The molecule has 4 rings (SSSR count). The Morgan fingerprint density at radius 3 is 2.69 bits per heavy atom. The van der Waals surface area contributed by atoms with E-state index < -0.39 is 0 Å². The number of carbonyl (C=O) groups excluding carboxylic acids is 2. The van der Waals surface area contributed by atoms with E-state index in [1.165, 1.54) is 0 Å². The third kappa shape index (κ3) is 4.96. The number of halogens is 1. The summed E-state index contributed by atoms with van der Waals surface area (Å²) in [7, 11) is 0. The van der Waals surface area contributed by atoms with Crippen molar-refractivity contribution >= 4 is 23.4 Å². The second kappa shape index (κ2) is 8.95. The quantitative estimate of drug-likeness (QED) is 0.752. The zero-order valence-corrected chi connectivity index (χ0v) is 17.2. The lowest BCUT2D eigenvalue weighted by molar-refractivity contribution is -0.132. The highest BCUT2D eigenvalue weighted by Crippen LogP contribution is 2.20. The maximum atomic E-state index is 12.7. The predicted octanol–water partition coefficient (Wildman–Crippen LogP) is 2.65. The molecular formula is C21H26ClN5O2. The minimum absolute atomic E-state index is 0.0317. The first kappa shape index (κ1) is 19.9. The summed E-state index contributed by atoms with van der Waals surface area (Å²) in [5.74, 6) is 0.402. The van der Waals surface area contributed by atoms with E-state index in [9.17, 15) is 9.59 Å². The Kier molecular flexibility index (Phi) is 6.13. The van der Waals surface area contributed by atoms with Crippen molar-refractivity contribution in [1.29, 1.82) is 0 Å². The van der Waals surface area contributed by atoms with Crippen LogP contribution in [-0.2, 0) is 17.8 Å². The van der Waals surface area contributed by atoms with Crippen LogP contribution in [0.4, 0.5) is 0 Å². The molecule has 2 saturated heterocycles. The molecule has 2 fully saturated rings. The van der Waals surface area contributed by atoms with Gasteiger partial charge < -0.3 is 9.80 Å². The van der Waals surface area contributed by atoms with E-state index in [1.807, 2.05) is 34.1 Å². The first-order valence-electron chi connectivity index (χ1n) is 10.3. The zero-order valence-electron chi connectivity index (χ0n) is 16.5. The van der Waals surface area contributed by atoms with E-state index in [1.54, 1.807) is 10.9 Å². The monoisotopic (exact) mass is 415 g/mol.